The number of piperidine rings is 1. The summed E-state index contributed by atoms with van der Waals surface area (Å²) in [6, 6.07) is 7.97. The van der Waals surface area contributed by atoms with Crippen molar-refractivity contribution in [2.75, 3.05) is 25.9 Å². The maximum atomic E-state index is 10.9. The topological polar surface area (TPSA) is 65.8 Å². The number of fused-ring (bicyclic) bond motifs is 1. The first-order chi connectivity index (χ1) is 14.1. The quantitative estimate of drug-likeness (QED) is 0.535. The highest BCUT2D eigenvalue weighted by Crippen LogP contribution is 2.38. The Morgan fingerprint density at radius 1 is 1.24 bits per heavy atom. The molecule has 1 aromatic carbocycles. The molecular weight excluding hydrogens is 384 g/mol. The Balaban J connectivity index is 1.29. The van der Waals surface area contributed by atoms with Gasteiger partial charge in [-0.3, -0.25) is 4.98 Å². The van der Waals surface area contributed by atoms with Crippen LogP contribution in [0.15, 0.2) is 41.6 Å². The summed E-state index contributed by atoms with van der Waals surface area (Å²) in [5, 5.41) is 21.4. The van der Waals surface area contributed by atoms with Crippen molar-refractivity contribution in [1.29, 1.82) is 0 Å². The fraction of sp³-hybridized carbons (Fsp3) is 0.522. The van der Waals surface area contributed by atoms with Gasteiger partial charge in [-0.15, -0.1) is 11.8 Å². The molecule has 2 aromatic rings. The Labute approximate surface area is 177 Å². The predicted octanol–water partition coefficient (Wildman–Crippen LogP) is 3.36. The Morgan fingerprint density at radius 3 is 2.79 bits per heavy atom. The third-order valence-corrected chi connectivity index (χ3v) is 7.09. The minimum Gasteiger partial charge on any atom is -0.464 e. The number of hydrogen-bond donors (Lipinski definition) is 2. The molecule has 0 saturated carbocycles. The van der Waals surface area contributed by atoms with Gasteiger partial charge in [0.15, 0.2) is 6.29 Å². The van der Waals surface area contributed by atoms with Crippen molar-refractivity contribution < 1.29 is 14.9 Å². The molecule has 0 bridgehead atoms. The maximum absolute atomic E-state index is 10.9. The molecule has 4 rings (SSSR count). The van der Waals surface area contributed by atoms with E-state index in [0.29, 0.717) is 19.3 Å². The van der Waals surface area contributed by atoms with Crippen LogP contribution in [0.5, 0.6) is 5.75 Å². The number of rotatable bonds is 7. The van der Waals surface area contributed by atoms with Crippen molar-refractivity contribution in [2.45, 2.75) is 55.3 Å². The smallest absolute Gasteiger partial charge is 0.198 e. The monoisotopic (exact) mass is 414 g/mol. The molecule has 0 radical (unpaired) electrons. The van der Waals surface area contributed by atoms with Gasteiger partial charge in [0.25, 0.3) is 0 Å². The normalized spacial score (nSPS) is 19.7. The summed E-state index contributed by atoms with van der Waals surface area (Å²) in [5.41, 5.74) is 2.92. The van der Waals surface area contributed by atoms with Crippen molar-refractivity contribution in [3.8, 4) is 5.75 Å². The first kappa shape index (κ1) is 20.7. The van der Waals surface area contributed by atoms with Gasteiger partial charge < -0.3 is 19.8 Å². The molecule has 0 spiro atoms. The van der Waals surface area contributed by atoms with E-state index in [2.05, 4.69) is 22.2 Å². The van der Waals surface area contributed by atoms with Gasteiger partial charge in [-0.05, 0) is 61.6 Å². The van der Waals surface area contributed by atoms with Crippen molar-refractivity contribution in [2.24, 2.45) is 0 Å². The lowest BCUT2D eigenvalue weighted by atomic mass is 9.85. The lowest BCUT2D eigenvalue weighted by molar-refractivity contribution is -0.0486. The summed E-state index contributed by atoms with van der Waals surface area (Å²) in [4.78, 5) is 7.60. The lowest BCUT2D eigenvalue weighted by Crippen LogP contribution is -2.43. The van der Waals surface area contributed by atoms with Gasteiger partial charge in [0.05, 0.1) is 10.5 Å². The number of aliphatic hydroxyl groups is 2. The van der Waals surface area contributed by atoms with E-state index < -0.39 is 11.9 Å². The largest absolute Gasteiger partial charge is 0.464 e. The number of thioether (sulfide) groups is 1. The average molecular weight is 415 g/mol. The summed E-state index contributed by atoms with van der Waals surface area (Å²) in [5.74, 6) is 0.801. The van der Waals surface area contributed by atoms with Gasteiger partial charge in [0.2, 0.25) is 0 Å². The number of ether oxygens (including phenoxy) is 1. The van der Waals surface area contributed by atoms with Gasteiger partial charge in [0, 0.05) is 44.0 Å². The highest BCUT2D eigenvalue weighted by Gasteiger charge is 2.34. The zero-order valence-corrected chi connectivity index (χ0v) is 17.8. The molecule has 1 fully saturated rings. The molecule has 1 aliphatic heterocycles. The van der Waals surface area contributed by atoms with Crippen molar-refractivity contribution in [3.05, 3.63) is 53.3 Å². The number of nitrogens with zero attached hydrogens (tertiary/aromatic N) is 2. The second-order valence-electron chi connectivity index (χ2n) is 8.06. The van der Waals surface area contributed by atoms with Crippen molar-refractivity contribution in [3.63, 3.8) is 0 Å². The Kier molecular flexibility index (Phi) is 6.44. The summed E-state index contributed by atoms with van der Waals surface area (Å²) in [6.07, 6.45) is 10.1. The molecule has 156 valence electrons. The number of pyridine rings is 1. The van der Waals surface area contributed by atoms with E-state index in [1.807, 2.05) is 18.2 Å². The summed E-state index contributed by atoms with van der Waals surface area (Å²) in [6.45, 7) is 2.35. The lowest BCUT2D eigenvalue weighted by Gasteiger charge is -2.38. The summed E-state index contributed by atoms with van der Waals surface area (Å²) >= 11 is 1.71. The number of aryl methyl sites for hydroxylation is 1. The van der Waals surface area contributed by atoms with E-state index in [0.717, 1.165) is 43.8 Å². The minimum atomic E-state index is -0.820. The molecule has 2 N–H and O–H groups in total. The second kappa shape index (κ2) is 9.04. The molecule has 1 aromatic heterocycles. The van der Waals surface area contributed by atoms with Gasteiger partial charge in [-0.1, -0.05) is 12.1 Å². The fourth-order valence-corrected chi connectivity index (χ4v) is 5.30. The predicted molar refractivity (Wildman–Crippen MR) is 115 cm³/mol. The van der Waals surface area contributed by atoms with Crippen LogP contribution < -0.4 is 4.74 Å². The van der Waals surface area contributed by atoms with Crippen LogP contribution in [0.2, 0.25) is 0 Å². The Morgan fingerprint density at radius 2 is 2.07 bits per heavy atom. The number of aromatic nitrogens is 1. The first-order valence-electron chi connectivity index (χ1n) is 10.5. The molecular formula is C23H30N2O3S. The highest BCUT2D eigenvalue weighted by atomic mass is 32.2. The number of benzene rings is 1. The SMILES string of the molecule is CSc1c(OC(O)CCN2CCC(O)(c3cccnc3)CC2)ccc2c1CCC2. The van der Waals surface area contributed by atoms with Crippen LogP contribution in [0.1, 0.15) is 42.4 Å². The van der Waals surface area contributed by atoms with E-state index in [1.54, 1.807) is 24.2 Å². The summed E-state index contributed by atoms with van der Waals surface area (Å²) < 4.78 is 5.91. The molecule has 2 heterocycles. The molecule has 0 amide bonds. The van der Waals surface area contributed by atoms with Crippen molar-refractivity contribution in [1.82, 2.24) is 9.88 Å². The van der Waals surface area contributed by atoms with Crippen LogP contribution in [0.25, 0.3) is 0 Å². The minimum absolute atomic E-state index is 0.552. The molecule has 5 nitrogen and oxygen atoms in total. The third kappa shape index (κ3) is 4.61. The van der Waals surface area contributed by atoms with E-state index in [-0.39, 0.29) is 0 Å². The van der Waals surface area contributed by atoms with E-state index in [1.165, 1.54) is 22.4 Å². The number of likely N-dealkylation sites (tertiary alicyclic amines) is 1. The molecule has 6 heteroatoms. The Bertz CT molecular complexity index is 822. The van der Waals surface area contributed by atoms with E-state index in [4.69, 9.17) is 4.74 Å². The highest BCUT2D eigenvalue weighted by molar-refractivity contribution is 7.98. The van der Waals surface area contributed by atoms with Gasteiger partial charge >= 0.3 is 0 Å². The standard InChI is InChI=1S/C23H30N2O3S/c1-29-22-19-6-2-4-17(19)7-8-20(22)28-21(26)9-13-25-14-10-23(27,11-15-25)18-5-3-12-24-16-18/h3,5,7-8,12,16,21,26-27H,2,4,6,9-11,13-15H2,1H3. The van der Waals surface area contributed by atoms with Gasteiger partial charge in [0.1, 0.15) is 5.75 Å². The van der Waals surface area contributed by atoms with Gasteiger partial charge in [-0.2, -0.15) is 0 Å². The molecule has 1 atom stereocenters. The zero-order valence-electron chi connectivity index (χ0n) is 17.0. The Hall–Kier alpha value is -1.60. The van der Waals surface area contributed by atoms with Crippen LogP contribution in [0.4, 0.5) is 0 Å². The zero-order chi connectivity index (χ0) is 20.3. The van der Waals surface area contributed by atoms with Crippen LogP contribution in [-0.4, -0.2) is 52.3 Å². The van der Waals surface area contributed by atoms with Crippen LogP contribution in [0, 0.1) is 0 Å². The average Bonchev–Trinajstić information content (AvgIpc) is 3.23. The molecule has 2 aliphatic rings. The first-order valence-corrected chi connectivity index (χ1v) is 11.7. The van der Waals surface area contributed by atoms with E-state index in [9.17, 15) is 10.2 Å². The summed E-state index contributed by atoms with van der Waals surface area (Å²) in [7, 11) is 0. The molecule has 1 unspecified atom stereocenters. The van der Waals surface area contributed by atoms with E-state index >= 15 is 0 Å². The maximum Gasteiger partial charge on any atom is 0.198 e. The second-order valence-corrected chi connectivity index (χ2v) is 8.88. The van der Waals surface area contributed by atoms with Crippen molar-refractivity contribution >= 4 is 11.8 Å². The number of aliphatic hydroxyl groups excluding tert-OH is 1. The fourth-order valence-electron chi connectivity index (χ4n) is 4.50. The van der Waals surface area contributed by atoms with Crippen LogP contribution in [-0.2, 0) is 18.4 Å². The molecule has 1 aliphatic carbocycles. The van der Waals surface area contributed by atoms with Crippen LogP contribution >= 0.6 is 11.8 Å². The molecule has 1 saturated heterocycles. The van der Waals surface area contributed by atoms with Gasteiger partial charge in [-0.25, -0.2) is 0 Å². The number of hydrogen-bond acceptors (Lipinski definition) is 6. The third-order valence-electron chi connectivity index (χ3n) is 6.24. The molecule has 29 heavy (non-hydrogen) atoms. The van der Waals surface area contributed by atoms with Crippen LogP contribution in [0.3, 0.4) is 0 Å².